The third-order valence-electron chi connectivity index (χ3n) is 3.01. The van der Waals surface area contributed by atoms with Gasteiger partial charge in [-0.15, -0.1) is 11.3 Å². The van der Waals surface area contributed by atoms with Crippen LogP contribution in [0.3, 0.4) is 0 Å². The first kappa shape index (κ1) is 13.5. The Labute approximate surface area is 126 Å². The van der Waals surface area contributed by atoms with Crippen LogP contribution >= 0.6 is 11.3 Å². The lowest BCUT2D eigenvalue weighted by Gasteiger charge is -2.20. The Morgan fingerprint density at radius 1 is 1.14 bits per heavy atom. The second-order valence-corrected chi connectivity index (χ2v) is 5.49. The number of nitrogens with one attached hydrogen (secondary N) is 1. The van der Waals surface area contributed by atoms with Gasteiger partial charge >= 0.3 is 0 Å². The van der Waals surface area contributed by atoms with Crippen LogP contribution in [0.5, 0.6) is 0 Å². The summed E-state index contributed by atoms with van der Waals surface area (Å²) < 4.78 is 0. The van der Waals surface area contributed by atoms with Gasteiger partial charge in [0.05, 0.1) is 6.54 Å². The Morgan fingerprint density at radius 3 is 2.67 bits per heavy atom. The predicted molar refractivity (Wildman–Crippen MR) is 80.7 cm³/mol. The highest BCUT2D eigenvalue weighted by molar-refractivity contribution is 7.09. The third-order valence-corrected chi connectivity index (χ3v) is 3.78. The van der Waals surface area contributed by atoms with E-state index in [-0.39, 0.29) is 5.91 Å². The fourth-order valence-corrected chi connectivity index (χ4v) is 2.66. The van der Waals surface area contributed by atoms with Gasteiger partial charge in [-0.05, 0) is 5.56 Å². The summed E-state index contributed by atoms with van der Waals surface area (Å²) in [6.07, 6.45) is 4.98. The van der Waals surface area contributed by atoms with Gasteiger partial charge in [0, 0.05) is 30.5 Å². The molecule has 0 spiro atoms. The monoisotopic (exact) mass is 298 g/mol. The zero-order valence-electron chi connectivity index (χ0n) is 11.3. The summed E-state index contributed by atoms with van der Waals surface area (Å²) in [4.78, 5) is 25.5. The second kappa shape index (κ2) is 6.32. The SMILES string of the molecule is O=C(c1ncc[nH]1)N(Cc1ccccc1)Cc1nccs1. The van der Waals surface area contributed by atoms with E-state index in [0.29, 0.717) is 18.9 Å². The molecule has 106 valence electrons. The fraction of sp³-hybridized carbons (Fsp3) is 0.133. The van der Waals surface area contributed by atoms with Crippen LogP contribution in [0.25, 0.3) is 0 Å². The maximum atomic E-state index is 12.5. The summed E-state index contributed by atoms with van der Waals surface area (Å²) in [6, 6.07) is 9.90. The highest BCUT2D eigenvalue weighted by Crippen LogP contribution is 2.14. The standard InChI is InChI=1S/C15H14N4OS/c20-15(14-17-6-7-18-14)19(11-13-16-8-9-21-13)10-12-4-2-1-3-5-12/h1-9H,10-11H2,(H,17,18). The molecule has 0 aliphatic heterocycles. The van der Waals surface area contributed by atoms with Gasteiger partial charge in [-0.25, -0.2) is 9.97 Å². The molecule has 3 rings (SSSR count). The maximum absolute atomic E-state index is 12.5. The Bertz CT molecular complexity index is 680. The summed E-state index contributed by atoms with van der Waals surface area (Å²) >= 11 is 1.54. The Hall–Kier alpha value is -2.47. The van der Waals surface area contributed by atoms with E-state index in [1.807, 2.05) is 35.7 Å². The maximum Gasteiger partial charge on any atom is 0.290 e. The van der Waals surface area contributed by atoms with Gasteiger partial charge < -0.3 is 9.88 Å². The van der Waals surface area contributed by atoms with E-state index in [2.05, 4.69) is 15.0 Å². The van der Waals surface area contributed by atoms with Crippen LogP contribution in [0.4, 0.5) is 0 Å². The molecule has 0 saturated carbocycles. The molecule has 0 unspecified atom stereocenters. The van der Waals surface area contributed by atoms with Crippen LogP contribution in [-0.4, -0.2) is 25.8 Å². The molecular formula is C15H14N4OS. The van der Waals surface area contributed by atoms with Crippen LogP contribution < -0.4 is 0 Å². The molecule has 0 saturated heterocycles. The van der Waals surface area contributed by atoms with Crippen LogP contribution in [-0.2, 0) is 13.1 Å². The minimum atomic E-state index is -0.126. The number of amides is 1. The molecule has 0 atom stereocenters. The lowest BCUT2D eigenvalue weighted by Crippen LogP contribution is -2.30. The van der Waals surface area contributed by atoms with Crippen molar-refractivity contribution in [1.29, 1.82) is 0 Å². The van der Waals surface area contributed by atoms with Gasteiger partial charge in [0.15, 0.2) is 5.82 Å². The molecule has 2 aromatic heterocycles. The van der Waals surface area contributed by atoms with Crippen molar-refractivity contribution in [2.24, 2.45) is 0 Å². The molecule has 2 heterocycles. The summed E-state index contributed by atoms with van der Waals surface area (Å²) in [5.41, 5.74) is 1.08. The topological polar surface area (TPSA) is 61.9 Å². The average Bonchev–Trinajstić information content (AvgIpc) is 3.20. The van der Waals surface area contributed by atoms with E-state index in [9.17, 15) is 4.79 Å². The number of rotatable bonds is 5. The molecule has 0 radical (unpaired) electrons. The van der Waals surface area contributed by atoms with Crippen LogP contribution in [0, 0.1) is 0 Å². The molecule has 5 nitrogen and oxygen atoms in total. The Balaban J connectivity index is 1.82. The lowest BCUT2D eigenvalue weighted by molar-refractivity contribution is 0.0718. The molecule has 1 aromatic carbocycles. The number of carbonyl (C=O) groups excluding carboxylic acids is 1. The van der Waals surface area contributed by atoms with Gasteiger partial charge in [0.1, 0.15) is 5.01 Å². The highest BCUT2D eigenvalue weighted by atomic mass is 32.1. The van der Waals surface area contributed by atoms with Crippen molar-refractivity contribution in [3.05, 3.63) is 70.7 Å². The van der Waals surface area contributed by atoms with Gasteiger partial charge in [-0.1, -0.05) is 30.3 Å². The average molecular weight is 298 g/mol. The summed E-state index contributed by atoms with van der Waals surface area (Å²) in [6.45, 7) is 1.01. The number of aromatic amines is 1. The third kappa shape index (κ3) is 3.35. The van der Waals surface area contributed by atoms with Crippen molar-refractivity contribution in [1.82, 2.24) is 19.9 Å². The van der Waals surface area contributed by atoms with E-state index < -0.39 is 0 Å². The van der Waals surface area contributed by atoms with E-state index in [4.69, 9.17) is 0 Å². The smallest absolute Gasteiger partial charge is 0.290 e. The number of imidazole rings is 1. The highest BCUT2D eigenvalue weighted by Gasteiger charge is 2.19. The van der Waals surface area contributed by atoms with Crippen molar-refractivity contribution in [3.63, 3.8) is 0 Å². The summed E-state index contributed by atoms with van der Waals surface area (Å²) in [5, 5.41) is 2.82. The van der Waals surface area contributed by atoms with Crippen molar-refractivity contribution in [2.75, 3.05) is 0 Å². The second-order valence-electron chi connectivity index (χ2n) is 4.51. The largest absolute Gasteiger partial charge is 0.341 e. The minimum Gasteiger partial charge on any atom is -0.341 e. The number of hydrogen-bond donors (Lipinski definition) is 1. The first-order chi connectivity index (χ1) is 10.3. The van der Waals surface area contributed by atoms with Crippen molar-refractivity contribution >= 4 is 17.2 Å². The molecule has 0 aliphatic carbocycles. The molecule has 0 fully saturated rings. The number of aromatic nitrogens is 3. The van der Waals surface area contributed by atoms with E-state index >= 15 is 0 Å². The number of nitrogens with zero attached hydrogens (tertiary/aromatic N) is 3. The quantitative estimate of drug-likeness (QED) is 0.788. The predicted octanol–water partition coefficient (Wildman–Crippen LogP) is 2.71. The summed E-state index contributed by atoms with van der Waals surface area (Å²) in [7, 11) is 0. The number of carbonyl (C=O) groups is 1. The zero-order valence-corrected chi connectivity index (χ0v) is 12.1. The number of H-pyrrole nitrogens is 1. The number of benzene rings is 1. The lowest BCUT2D eigenvalue weighted by atomic mass is 10.2. The van der Waals surface area contributed by atoms with E-state index in [1.165, 1.54) is 0 Å². The summed E-state index contributed by atoms with van der Waals surface area (Å²) in [5.74, 6) is 0.224. The minimum absolute atomic E-state index is 0.126. The first-order valence-electron chi connectivity index (χ1n) is 6.54. The van der Waals surface area contributed by atoms with Gasteiger partial charge in [-0.2, -0.15) is 0 Å². The van der Waals surface area contributed by atoms with Gasteiger partial charge in [-0.3, -0.25) is 4.79 Å². The first-order valence-corrected chi connectivity index (χ1v) is 7.42. The Morgan fingerprint density at radius 2 is 2.00 bits per heavy atom. The van der Waals surface area contributed by atoms with Crippen LogP contribution in [0.2, 0.25) is 0 Å². The zero-order chi connectivity index (χ0) is 14.5. The van der Waals surface area contributed by atoms with Crippen molar-refractivity contribution in [3.8, 4) is 0 Å². The Kier molecular flexibility index (Phi) is 4.07. The van der Waals surface area contributed by atoms with Crippen molar-refractivity contribution < 1.29 is 4.79 Å². The fourth-order valence-electron chi connectivity index (χ4n) is 2.03. The van der Waals surface area contributed by atoms with E-state index in [0.717, 1.165) is 10.6 Å². The van der Waals surface area contributed by atoms with Crippen LogP contribution in [0.1, 0.15) is 21.2 Å². The van der Waals surface area contributed by atoms with Crippen LogP contribution in [0.15, 0.2) is 54.3 Å². The van der Waals surface area contributed by atoms with E-state index in [1.54, 1.807) is 34.8 Å². The molecular weight excluding hydrogens is 284 g/mol. The van der Waals surface area contributed by atoms with Gasteiger partial charge in [0.25, 0.3) is 5.91 Å². The molecule has 6 heteroatoms. The number of thiazole rings is 1. The molecule has 21 heavy (non-hydrogen) atoms. The van der Waals surface area contributed by atoms with Gasteiger partial charge in [0.2, 0.25) is 0 Å². The molecule has 1 amide bonds. The molecule has 1 N–H and O–H groups in total. The van der Waals surface area contributed by atoms with Crippen molar-refractivity contribution in [2.45, 2.75) is 13.1 Å². The number of hydrogen-bond acceptors (Lipinski definition) is 4. The molecule has 0 bridgehead atoms. The normalized spacial score (nSPS) is 10.5. The molecule has 3 aromatic rings. The molecule has 0 aliphatic rings.